The number of rotatable bonds is 0. The monoisotopic (exact) mass is 1080 g/mol. The second kappa shape index (κ2) is 16.6. The third-order valence-electron chi connectivity index (χ3n) is 7.03. The number of halogens is 18. The quantitative estimate of drug-likeness (QED) is 0.0652. The van der Waals surface area contributed by atoms with Gasteiger partial charge < -0.3 is 0 Å². The Morgan fingerprint density at radius 1 is 0.219 bits per heavy atom. The van der Waals surface area contributed by atoms with Gasteiger partial charge in [0.15, 0.2) is 0 Å². The van der Waals surface area contributed by atoms with Crippen molar-refractivity contribution in [1.29, 1.82) is 0 Å². The van der Waals surface area contributed by atoms with Gasteiger partial charge in [0.2, 0.25) is 0 Å². The first kappa shape index (κ1) is 53.1. The second-order valence-electron chi connectivity index (χ2n) is 12.5. The Morgan fingerprint density at radius 3 is 0.438 bits per heavy atom. The molecule has 0 saturated carbocycles. The summed E-state index contributed by atoms with van der Waals surface area (Å²) >= 11 is 0. The molecule has 6 aromatic heterocycles. The normalized spacial score (nSPS) is 14.7. The molecule has 9 rings (SSSR count). The van der Waals surface area contributed by atoms with Crippen LogP contribution in [-0.2, 0) is 19.5 Å². The van der Waals surface area contributed by atoms with Crippen molar-refractivity contribution in [2.45, 2.75) is 0 Å². The van der Waals surface area contributed by atoms with Crippen molar-refractivity contribution in [2.24, 2.45) is 0 Å². The van der Waals surface area contributed by atoms with Gasteiger partial charge in [-0.25, -0.2) is 0 Å². The van der Waals surface area contributed by atoms with Crippen molar-refractivity contribution < 1.29 is 95.0 Å². The van der Waals surface area contributed by atoms with Gasteiger partial charge in [0.25, 0.3) is 0 Å². The minimum absolute atomic E-state index is 0. The van der Waals surface area contributed by atoms with E-state index in [1.807, 2.05) is 36.4 Å². The molecule has 0 atom stereocenters. The first-order valence-electron chi connectivity index (χ1n) is 16.6. The van der Waals surface area contributed by atoms with E-state index in [1.165, 1.54) is 0 Å². The van der Waals surface area contributed by atoms with Gasteiger partial charge in [-0.05, 0) is 36.4 Å². The number of fused-ring (bicyclic) bond motifs is 9. The third kappa shape index (κ3) is 22.9. The van der Waals surface area contributed by atoms with Crippen LogP contribution in [0.5, 0.6) is 0 Å². The van der Waals surface area contributed by atoms with Crippen LogP contribution in [0.4, 0.5) is 75.5 Å². The van der Waals surface area contributed by atoms with E-state index in [4.69, 9.17) is 0 Å². The maximum Gasteiger partial charge on any atom is 3.00 e. The number of hydrogen-bond acceptors (Lipinski definition) is 6. The van der Waals surface area contributed by atoms with Crippen molar-refractivity contribution in [3.8, 4) is 0 Å². The minimum atomic E-state index is -10.7. The van der Waals surface area contributed by atoms with Gasteiger partial charge in [-0.2, -0.15) is 0 Å². The molecule has 0 fully saturated rings. The molecule has 347 valence electrons. The predicted octanol–water partition coefficient (Wildman–Crippen LogP) is 18.5. The van der Waals surface area contributed by atoms with E-state index in [1.54, 1.807) is 37.2 Å². The fourth-order valence-electron chi connectivity index (χ4n) is 5.04. The minimum Gasteiger partial charge on any atom is -0.254 e. The van der Waals surface area contributed by atoms with Gasteiger partial charge in [-0.15, -0.1) is 0 Å². The predicted molar refractivity (Wildman–Crippen MR) is 212 cm³/mol. The number of aromatic nitrogens is 6. The van der Waals surface area contributed by atoms with Crippen molar-refractivity contribution in [3.63, 3.8) is 0 Å². The zero-order chi connectivity index (χ0) is 47.4. The van der Waals surface area contributed by atoms with Gasteiger partial charge in [0.1, 0.15) is 0 Å². The van der Waals surface area contributed by atoms with E-state index >= 15 is 0 Å². The molecule has 3 aromatic carbocycles. The van der Waals surface area contributed by atoms with Crippen LogP contribution in [0.2, 0.25) is 0 Å². The van der Waals surface area contributed by atoms with Gasteiger partial charge in [-0.1, -0.05) is 72.8 Å². The Kier molecular flexibility index (Phi) is 13.8. The second-order valence-corrected chi connectivity index (χ2v) is 18.3. The smallest absolute Gasteiger partial charge is 0.254 e. The van der Waals surface area contributed by atoms with Crippen molar-refractivity contribution >= 4 is 88.8 Å². The first-order valence-corrected chi connectivity index (χ1v) is 22.7. The average molecular weight is 1080 g/mol. The van der Waals surface area contributed by atoms with Crippen LogP contribution in [0.3, 0.4) is 0 Å². The molecule has 0 unspecified atom stereocenters. The summed E-state index contributed by atoms with van der Waals surface area (Å²) in [5.41, 5.74) is 5.86. The topological polar surface area (TPSA) is 77.3 Å². The number of benzene rings is 3. The van der Waals surface area contributed by atoms with E-state index in [9.17, 15) is 75.5 Å². The Balaban J connectivity index is 0.000000211. The van der Waals surface area contributed by atoms with Crippen LogP contribution in [0.1, 0.15) is 0 Å². The van der Waals surface area contributed by atoms with Crippen LogP contribution in [0.25, 0.3) is 65.4 Å². The number of hydrogen-bond donors (Lipinski definition) is 0. The first-order chi connectivity index (χ1) is 28.2. The summed E-state index contributed by atoms with van der Waals surface area (Å²) in [6.07, 6.45) is 10.8. The van der Waals surface area contributed by atoms with Crippen LogP contribution in [0.15, 0.2) is 146 Å². The zero-order valence-corrected chi connectivity index (χ0v) is 35.5. The Hall–Kier alpha value is -5.23. The molecule has 6 nitrogen and oxygen atoms in total. The van der Waals surface area contributed by atoms with Crippen molar-refractivity contribution in [2.75, 3.05) is 0 Å². The molecule has 0 bridgehead atoms. The van der Waals surface area contributed by atoms with E-state index in [0.717, 1.165) is 65.4 Å². The summed E-state index contributed by atoms with van der Waals surface area (Å²) in [6.45, 7) is 0. The molecule has 0 aliphatic rings. The van der Waals surface area contributed by atoms with E-state index in [2.05, 4.69) is 103 Å². The molecule has 64 heavy (non-hydrogen) atoms. The van der Waals surface area contributed by atoms with Crippen LogP contribution in [-0.4, -0.2) is 29.9 Å². The van der Waals surface area contributed by atoms with E-state index in [-0.39, 0.29) is 19.5 Å². The fourth-order valence-corrected chi connectivity index (χ4v) is 5.04. The molecule has 28 heteroatoms. The molecule has 1 radical (unpaired) electrons. The molecule has 6 heterocycles. The van der Waals surface area contributed by atoms with Crippen molar-refractivity contribution in [3.05, 3.63) is 146 Å². The van der Waals surface area contributed by atoms with Crippen molar-refractivity contribution in [1.82, 2.24) is 29.9 Å². The number of nitrogens with zero attached hydrogens (tertiary/aromatic N) is 6. The summed E-state index contributed by atoms with van der Waals surface area (Å²) in [6, 6.07) is 36.4. The summed E-state index contributed by atoms with van der Waals surface area (Å²) in [7, 11) is -32.0. The summed E-state index contributed by atoms with van der Waals surface area (Å²) in [4.78, 5) is 26.1. The Bertz CT molecular complexity index is 2550. The summed E-state index contributed by atoms with van der Waals surface area (Å²) in [5.74, 6) is 0. The molecule has 0 aliphatic carbocycles. The average Bonchev–Trinajstić information content (AvgIpc) is 3.15. The summed E-state index contributed by atoms with van der Waals surface area (Å²) in [5, 5.41) is 6.83. The van der Waals surface area contributed by atoms with Gasteiger partial charge >= 0.3 is 118 Å². The van der Waals surface area contributed by atoms with Gasteiger partial charge in [0, 0.05) is 69.5 Å². The summed E-state index contributed by atoms with van der Waals surface area (Å²) < 4.78 is 178. The largest absolute Gasteiger partial charge is 3.00 e. The molecule has 0 amide bonds. The maximum absolute atomic E-state index is 10.7. The maximum atomic E-state index is 9.87. The molecule has 0 N–H and O–H groups in total. The Morgan fingerprint density at radius 2 is 0.328 bits per heavy atom. The molecule has 0 aliphatic heterocycles. The zero-order valence-electron chi connectivity index (χ0n) is 31.0. The Labute approximate surface area is 359 Å². The molecule has 0 saturated heterocycles. The van der Waals surface area contributed by atoms with E-state index in [0.29, 0.717) is 0 Å². The fraction of sp³-hybridized carbons (Fsp3) is 0. The third-order valence-corrected chi connectivity index (χ3v) is 7.03. The number of pyridine rings is 6. The van der Waals surface area contributed by atoms with E-state index < -0.39 is 23.4 Å². The van der Waals surface area contributed by atoms with Crippen LogP contribution < -0.4 is 0 Å². The SMILES string of the molecule is F[P-](F)(F)(F)(F)F.F[P-](F)(F)(F)(F)F.F[P-](F)(F)(F)(F)F.[Ru+3].c1cnc2c(c1)ccc1cccnc12.c1cnc2c(c1)ccc1cccnc12.c1cnc2c(c1)ccc1cccnc12. The molecule has 0 spiro atoms. The molecule has 9 aromatic rings. The van der Waals surface area contributed by atoms with Crippen LogP contribution in [0, 0.1) is 0 Å². The van der Waals surface area contributed by atoms with Gasteiger partial charge in [-0.3, -0.25) is 29.9 Å². The molecular formula is C36H24F18N6P3Ru. The van der Waals surface area contributed by atoms with Crippen LogP contribution >= 0.6 is 23.4 Å². The standard InChI is InChI=1S/3C12H8N2.3F6P.Ru/c3*1-3-9-5-6-10-4-2-8-14-12(10)11(9)13-7-1;3*1-7(2,3,4,5)6;/h3*1-8H;;;;/q;;;3*-1;+3. The van der Waals surface area contributed by atoms with Gasteiger partial charge in [0.05, 0.1) is 33.1 Å². The molecular weight excluding hydrogens is 1050 g/mol.